The third-order valence-electron chi connectivity index (χ3n) is 4.19. The molecular weight excluding hydrogens is 402 g/mol. The molecule has 1 N–H and O–H groups in total. The summed E-state index contributed by atoms with van der Waals surface area (Å²) in [4.78, 5) is 3.60. The summed E-state index contributed by atoms with van der Waals surface area (Å²) in [6.07, 6.45) is 2.15. The van der Waals surface area contributed by atoms with E-state index < -0.39 is 0 Å². The number of halogens is 1. The first-order chi connectivity index (χ1) is 11.7. The zero-order valence-corrected chi connectivity index (χ0v) is 16.1. The maximum atomic E-state index is 5.75. The lowest BCUT2D eigenvalue weighted by molar-refractivity contribution is 0.297. The maximum Gasteiger partial charge on any atom is 0.174 e. The summed E-state index contributed by atoms with van der Waals surface area (Å²) in [6.45, 7) is 1.84. The fourth-order valence-corrected chi connectivity index (χ4v) is 4.67. The van der Waals surface area contributed by atoms with Gasteiger partial charge >= 0.3 is 0 Å². The van der Waals surface area contributed by atoms with E-state index in [4.69, 9.17) is 12.2 Å². The summed E-state index contributed by atoms with van der Waals surface area (Å²) < 4.78 is 3.36. The first-order valence-corrected chi connectivity index (χ1v) is 9.82. The third-order valence-corrected chi connectivity index (χ3v) is 5.94. The Bertz CT molecular complexity index is 857. The minimum atomic E-state index is 0.168. The fourth-order valence-electron chi connectivity index (χ4n) is 3.11. The number of aromatic nitrogens is 1. The van der Waals surface area contributed by atoms with E-state index in [9.17, 15) is 0 Å². The molecule has 24 heavy (non-hydrogen) atoms. The average Bonchev–Trinajstić information content (AvgIpc) is 3.25. The van der Waals surface area contributed by atoms with E-state index in [2.05, 4.69) is 66.6 Å². The second kappa shape index (κ2) is 6.70. The Morgan fingerprint density at radius 1 is 1.17 bits per heavy atom. The van der Waals surface area contributed by atoms with Crippen molar-refractivity contribution >= 4 is 50.3 Å². The van der Waals surface area contributed by atoms with E-state index in [-0.39, 0.29) is 6.04 Å². The lowest BCUT2D eigenvalue weighted by Gasteiger charge is -2.38. The number of anilines is 1. The first-order valence-electron chi connectivity index (χ1n) is 7.74. The molecule has 0 spiro atoms. The van der Waals surface area contributed by atoms with Crippen molar-refractivity contribution < 1.29 is 0 Å². The Hall–Kier alpha value is -1.63. The van der Waals surface area contributed by atoms with E-state index in [1.807, 2.05) is 24.3 Å². The van der Waals surface area contributed by atoms with E-state index in [0.717, 1.165) is 28.4 Å². The highest BCUT2D eigenvalue weighted by Crippen LogP contribution is 2.35. The van der Waals surface area contributed by atoms with Crippen molar-refractivity contribution in [2.75, 3.05) is 11.9 Å². The van der Waals surface area contributed by atoms with Crippen LogP contribution in [-0.4, -0.2) is 21.1 Å². The van der Waals surface area contributed by atoms with Crippen molar-refractivity contribution in [1.82, 2.24) is 9.47 Å². The van der Waals surface area contributed by atoms with E-state index in [1.165, 1.54) is 10.6 Å². The van der Waals surface area contributed by atoms with Crippen LogP contribution in [-0.2, 0) is 6.54 Å². The number of thiophene rings is 1. The van der Waals surface area contributed by atoms with Crippen LogP contribution in [0.15, 0.2) is 64.6 Å². The molecule has 1 atom stereocenters. The van der Waals surface area contributed by atoms with Gasteiger partial charge in [0.1, 0.15) is 6.04 Å². The van der Waals surface area contributed by atoms with Crippen LogP contribution in [0.25, 0.3) is 0 Å². The van der Waals surface area contributed by atoms with Crippen LogP contribution >= 0.6 is 39.5 Å². The Morgan fingerprint density at radius 3 is 2.88 bits per heavy atom. The molecule has 6 heteroatoms. The van der Waals surface area contributed by atoms with E-state index >= 15 is 0 Å². The number of hydrogen-bond donors (Lipinski definition) is 1. The molecule has 0 saturated heterocycles. The molecule has 1 aliphatic heterocycles. The van der Waals surface area contributed by atoms with Crippen molar-refractivity contribution in [1.29, 1.82) is 0 Å². The quantitative estimate of drug-likeness (QED) is 0.584. The number of nitrogens with zero attached hydrogens (tertiary/aromatic N) is 2. The van der Waals surface area contributed by atoms with Gasteiger partial charge in [-0.1, -0.05) is 28.1 Å². The zero-order chi connectivity index (χ0) is 16.5. The van der Waals surface area contributed by atoms with E-state index in [1.54, 1.807) is 11.3 Å². The maximum absolute atomic E-state index is 5.75. The highest BCUT2D eigenvalue weighted by molar-refractivity contribution is 9.10. The van der Waals surface area contributed by atoms with Gasteiger partial charge in [-0.05, 0) is 54.0 Å². The topological polar surface area (TPSA) is 20.2 Å². The van der Waals surface area contributed by atoms with Gasteiger partial charge in [-0.25, -0.2) is 0 Å². The summed E-state index contributed by atoms with van der Waals surface area (Å²) in [5.74, 6) is 0. The predicted octanol–water partition coefficient (Wildman–Crippen LogP) is 5.11. The van der Waals surface area contributed by atoms with Crippen LogP contribution in [0.3, 0.4) is 0 Å². The zero-order valence-electron chi connectivity index (χ0n) is 12.9. The summed E-state index contributed by atoms with van der Waals surface area (Å²) >= 11 is 11.0. The van der Waals surface area contributed by atoms with Crippen LogP contribution in [0.5, 0.6) is 0 Å². The van der Waals surface area contributed by atoms with Crippen LogP contribution in [0.4, 0.5) is 5.69 Å². The van der Waals surface area contributed by atoms with Gasteiger partial charge < -0.3 is 14.8 Å². The van der Waals surface area contributed by atoms with Gasteiger partial charge in [-0.3, -0.25) is 0 Å². The van der Waals surface area contributed by atoms with Crippen molar-refractivity contribution in [3.8, 4) is 0 Å². The summed E-state index contributed by atoms with van der Waals surface area (Å²) in [5, 5.41) is 6.28. The molecule has 3 nitrogen and oxygen atoms in total. The van der Waals surface area contributed by atoms with Crippen LogP contribution in [0.2, 0.25) is 0 Å². The average molecular weight is 418 g/mol. The molecular formula is C18H16BrN3S2. The number of rotatable bonds is 2. The van der Waals surface area contributed by atoms with Crippen molar-refractivity contribution in [2.45, 2.75) is 12.6 Å². The largest absolute Gasteiger partial charge is 0.347 e. The SMILES string of the molecule is S=C(Nc1cccc(Br)c1)N1CCn2cccc2[C@H]1c1cccs1. The van der Waals surface area contributed by atoms with Crippen LogP contribution in [0, 0.1) is 0 Å². The Morgan fingerprint density at radius 2 is 2.08 bits per heavy atom. The molecule has 0 bridgehead atoms. The summed E-state index contributed by atoms with van der Waals surface area (Å²) in [6, 6.07) is 16.9. The normalized spacial score (nSPS) is 16.7. The van der Waals surface area contributed by atoms with Gasteiger partial charge in [0.2, 0.25) is 0 Å². The van der Waals surface area contributed by atoms with Gasteiger partial charge in [-0.15, -0.1) is 11.3 Å². The van der Waals surface area contributed by atoms with Gasteiger partial charge in [0.15, 0.2) is 5.11 Å². The summed E-state index contributed by atoms with van der Waals surface area (Å²) in [5.41, 5.74) is 2.29. The van der Waals surface area contributed by atoms with Crippen molar-refractivity contribution in [3.63, 3.8) is 0 Å². The lowest BCUT2D eigenvalue weighted by Crippen LogP contribution is -2.44. The second-order valence-electron chi connectivity index (χ2n) is 5.68. The minimum Gasteiger partial charge on any atom is -0.347 e. The number of fused-ring (bicyclic) bond motifs is 1. The Balaban J connectivity index is 1.65. The Kier molecular flexibility index (Phi) is 4.43. The smallest absolute Gasteiger partial charge is 0.174 e. The number of nitrogens with one attached hydrogen (secondary N) is 1. The highest BCUT2D eigenvalue weighted by atomic mass is 79.9. The van der Waals surface area contributed by atoms with Crippen LogP contribution < -0.4 is 5.32 Å². The molecule has 0 radical (unpaired) electrons. The first kappa shape index (κ1) is 15.9. The molecule has 4 rings (SSSR count). The number of hydrogen-bond acceptors (Lipinski definition) is 2. The predicted molar refractivity (Wildman–Crippen MR) is 108 cm³/mol. The molecule has 1 aliphatic rings. The van der Waals surface area contributed by atoms with Gasteiger partial charge in [0, 0.05) is 40.0 Å². The monoisotopic (exact) mass is 417 g/mol. The molecule has 122 valence electrons. The third kappa shape index (κ3) is 3.01. The molecule has 3 aromatic rings. The lowest BCUT2D eigenvalue weighted by atomic mass is 10.1. The van der Waals surface area contributed by atoms with Gasteiger partial charge in [0.25, 0.3) is 0 Å². The molecule has 0 unspecified atom stereocenters. The molecule has 0 saturated carbocycles. The summed E-state index contributed by atoms with van der Waals surface area (Å²) in [7, 11) is 0. The van der Waals surface area contributed by atoms with Crippen molar-refractivity contribution in [3.05, 3.63) is 75.2 Å². The molecule has 0 aliphatic carbocycles. The second-order valence-corrected chi connectivity index (χ2v) is 7.96. The number of thiocarbonyl (C=S) groups is 1. The van der Waals surface area contributed by atoms with Gasteiger partial charge in [-0.2, -0.15) is 0 Å². The molecule has 0 amide bonds. The van der Waals surface area contributed by atoms with Crippen molar-refractivity contribution in [2.24, 2.45) is 0 Å². The standard InChI is InChI=1S/C18H16BrN3S2/c19-13-4-1-5-14(12-13)20-18(23)22-10-9-21-8-2-6-15(21)17(22)16-7-3-11-24-16/h1-8,11-12,17H,9-10H2,(H,20,23)/t17-/m0/s1. The van der Waals surface area contributed by atoms with E-state index in [0.29, 0.717) is 0 Å². The van der Waals surface area contributed by atoms with Gasteiger partial charge in [0.05, 0.1) is 0 Å². The van der Waals surface area contributed by atoms with Crippen LogP contribution in [0.1, 0.15) is 16.6 Å². The fraction of sp³-hybridized carbons (Fsp3) is 0.167. The molecule has 0 fully saturated rings. The highest BCUT2D eigenvalue weighted by Gasteiger charge is 2.31. The molecule has 2 aromatic heterocycles. The molecule has 1 aromatic carbocycles. The number of benzene rings is 1. The minimum absolute atomic E-state index is 0.168. The Labute approximate surface area is 159 Å². The molecule has 3 heterocycles.